The Balaban J connectivity index is 1.81. The molecule has 0 spiro atoms. The number of rotatable bonds is 5. The third-order valence-corrected chi connectivity index (χ3v) is 4.44. The molecule has 1 aromatic heterocycles. The van der Waals surface area contributed by atoms with Crippen LogP contribution in [0, 0.1) is 17.2 Å². The molecule has 2 fully saturated rings. The van der Waals surface area contributed by atoms with E-state index in [0.717, 1.165) is 31.4 Å². The van der Waals surface area contributed by atoms with Crippen molar-refractivity contribution in [3.63, 3.8) is 0 Å². The van der Waals surface area contributed by atoms with Gasteiger partial charge >= 0.3 is 0 Å². The van der Waals surface area contributed by atoms with Crippen LogP contribution in [0.15, 0.2) is 12.3 Å². The lowest BCUT2D eigenvalue weighted by molar-refractivity contribution is 0.567. The SMILES string of the molecule is N#Cc1ccnc(N(CC2CC2)CC2CCCN2)c1Cl. The number of hydrogen-bond acceptors (Lipinski definition) is 4. The van der Waals surface area contributed by atoms with Gasteiger partial charge < -0.3 is 10.2 Å². The number of halogens is 1. The Morgan fingerprint density at radius 1 is 1.40 bits per heavy atom. The first kappa shape index (κ1) is 13.7. The molecule has 0 amide bonds. The van der Waals surface area contributed by atoms with E-state index in [1.54, 1.807) is 12.3 Å². The van der Waals surface area contributed by atoms with Gasteiger partial charge in [0.15, 0.2) is 0 Å². The quantitative estimate of drug-likeness (QED) is 0.905. The van der Waals surface area contributed by atoms with Crippen molar-refractivity contribution in [3.05, 3.63) is 22.8 Å². The molecule has 0 bridgehead atoms. The van der Waals surface area contributed by atoms with Crippen LogP contribution < -0.4 is 10.2 Å². The fourth-order valence-corrected chi connectivity index (χ4v) is 3.05. The van der Waals surface area contributed by atoms with Gasteiger partial charge in [-0.05, 0) is 44.2 Å². The van der Waals surface area contributed by atoms with E-state index in [0.29, 0.717) is 16.6 Å². The van der Waals surface area contributed by atoms with Crippen molar-refractivity contribution >= 4 is 17.4 Å². The highest BCUT2D eigenvalue weighted by molar-refractivity contribution is 6.34. The maximum Gasteiger partial charge on any atom is 0.148 e. The molecule has 5 heteroatoms. The largest absolute Gasteiger partial charge is 0.354 e. The second-order valence-corrected chi connectivity index (χ2v) is 6.13. The van der Waals surface area contributed by atoms with Crippen LogP contribution in [0.3, 0.4) is 0 Å². The van der Waals surface area contributed by atoms with E-state index >= 15 is 0 Å². The zero-order chi connectivity index (χ0) is 13.9. The first-order valence-electron chi connectivity index (χ1n) is 7.31. The van der Waals surface area contributed by atoms with Crippen molar-refractivity contribution in [1.29, 1.82) is 5.26 Å². The second-order valence-electron chi connectivity index (χ2n) is 5.75. The normalized spacial score (nSPS) is 21.7. The zero-order valence-electron chi connectivity index (χ0n) is 11.5. The van der Waals surface area contributed by atoms with Gasteiger partial charge in [0.1, 0.15) is 16.9 Å². The molecule has 20 heavy (non-hydrogen) atoms. The summed E-state index contributed by atoms with van der Waals surface area (Å²) in [7, 11) is 0. The highest BCUT2D eigenvalue weighted by atomic mass is 35.5. The number of nitriles is 1. The molecule has 1 atom stereocenters. The predicted octanol–water partition coefficient (Wildman–Crippen LogP) is 2.58. The van der Waals surface area contributed by atoms with Gasteiger partial charge in [0.25, 0.3) is 0 Å². The van der Waals surface area contributed by atoms with Gasteiger partial charge in [0.2, 0.25) is 0 Å². The van der Waals surface area contributed by atoms with E-state index in [1.807, 2.05) is 0 Å². The Labute approximate surface area is 124 Å². The molecule has 2 aliphatic rings. The second kappa shape index (κ2) is 5.99. The molecular formula is C15H19ClN4. The van der Waals surface area contributed by atoms with Crippen LogP contribution in [-0.2, 0) is 0 Å². The minimum atomic E-state index is 0.494. The molecule has 4 nitrogen and oxygen atoms in total. The lowest BCUT2D eigenvalue weighted by Gasteiger charge is -2.27. The number of anilines is 1. The summed E-state index contributed by atoms with van der Waals surface area (Å²) in [5.74, 6) is 1.53. The summed E-state index contributed by atoms with van der Waals surface area (Å²) in [6.45, 7) is 3.03. The van der Waals surface area contributed by atoms with Crippen molar-refractivity contribution < 1.29 is 0 Å². The number of nitrogens with zero attached hydrogens (tertiary/aromatic N) is 3. The topological polar surface area (TPSA) is 52.0 Å². The van der Waals surface area contributed by atoms with E-state index in [4.69, 9.17) is 16.9 Å². The standard InChI is InChI=1S/C15H19ClN4/c16-14-12(8-17)5-7-19-15(14)20(9-11-3-4-11)10-13-2-1-6-18-13/h5,7,11,13,18H,1-4,6,9-10H2. The van der Waals surface area contributed by atoms with Gasteiger partial charge in [-0.15, -0.1) is 0 Å². The van der Waals surface area contributed by atoms with E-state index in [9.17, 15) is 0 Å². The van der Waals surface area contributed by atoms with E-state index in [-0.39, 0.29) is 0 Å². The first-order valence-corrected chi connectivity index (χ1v) is 7.68. The fraction of sp³-hybridized carbons (Fsp3) is 0.600. The minimum Gasteiger partial charge on any atom is -0.354 e. The molecule has 1 N–H and O–H groups in total. The van der Waals surface area contributed by atoms with Crippen molar-refractivity contribution in [2.24, 2.45) is 5.92 Å². The maximum atomic E-state index is 9.11. The molecule has 0 aromatic carbocycles. The predicted molar refractivity (Wildman–Crippen MR) is 79.9 cm³/mol. The van der Waals surface area contributed by atoms with Crippen LogP contribution in [0.25, 0.3) is 0 Å². The summed E-state index contributed by atoms with van der Waals surface area (Å²) < 4.78 is 0. The van der Waals surface area contributed by atoms with E-state index in [2.05, 4.69) is 21.3 Å². The Morgan fingerprint density at radius 2 is 2.25 bits per heavy atom. The molecule has 2 heterocycles. The smallest absolute Gasteiger partial charge is 0.148 e. The third kappa shape index (κ3) is 3.05. The lowest BCUT2D eigenvalue weighted by Crippen LogP contribution is -2.39. The Kier molecular flexibility index (Phi) is 4.09. The summed E-state index contributed by atoms with van der Waals surface area (Å²) in [6.07, 6.45) is 6.72. The van der Waals surface area contributed by atoms with Gasteiger partial charge in [0.05, 0.1) is 5.56 Å². The summed E-state index contributed by atoms with van der Waals surface area (Å²) >= 11 is 6.35. The van der Waals surface area contributed by atoms with Crippen molar-refractivity contribution in [2.75, 3.05) is 24.5 Å². The molecule has 1 saturated carbocycles. The first-order chi connectivity index (χ1) is 9.78. The van der Waals surface area contributed by atoms with Gasteiger partial charge in [-0.3, -0.25) is 0 Å². The minimum absolute atomic E-state index is 0.494. The lowest BCUT2D eigenvalue weighted by atomic mass is 10.2. The fourth-order valence-electron chi connectivity index (χ4n) is 2.78. The average Bonchev–Trinajstić information content (AvgIpc) is 3.12. The van der Waals surface area contributed by atoms with Gasteiger partial charge in [-0.1, -0.05) is 11.6 Å². The monoisotopic (exact) mass is 290 g/mol. The average molecular weight is 291 g/mol. The summed E-state index contributed by atoms with van der Waals surface area (Å²) in [4.78, 5) is 6.69. The van der Waals surface area contributed by atoms with Gasteiger partial charge in [0, 0.05) is 25.3 Å². The molecule has 106 valence electrons. The highest BCUT2D eigenvalue weighted by Gasteiger charge is 2.28. The third-order valence-electron chi connectivity index (χ3n) is 4.07. The van der Waals surface area contributed by atoms with Crippen molar-refractivity contribution in [2.45, 2.75) is 31.7 Å². The molecule has 1 aliphatic carbocycles. The van der Waals surface area contributed by atoms with Crippen LogP contribution in [0.1, 0.15) is 31.2 Å². The number of hydrogen-bond donors (Lipinski definition) is 1. The molecule has 1 unspecified atom stereocenters. The molecule has 3 rings (SSSR count). The van der Waals surface area contributed by atoms with Crippen LogP contribution in [-0.4, -0.2) is 30.7 Å². The highest BCUT2D eigenvalue weighted by Crippen LogP contribution is 2.34. The van der Waals surface area contributed by atoms with Crippen LogP contribution in [0.2, 0.25) is 5.02 Å². The Morgan fingerprint density at radius 3 is 2.90 bits per heavy atom. The van der Waals surface area contributed by atoms with Crippen molar-refractivity contribution in [1.82, 2.24) is 10.3 Å². The molecule has 0 radical (unpaired) electrons. The summed E-state index contributed by atoms with van der Waals surface area (Å²) in [5, 5.41) is 13.1. The van der Waals surface area contributed by atoms with E-state index < -0.39 is 0 Å². The van der Waals surface area contributed by atoms with E-state index in [1.165, 1.54) is 25.7 Å². The molecule has 1 saturated heterocycles. The van der Waals surface area contributed by atoms with Crippen LogP contribution in [0.5, 0.6) is 0 Å². The zero-order valence-corrected chi connectivity index (χ0v) is 12.2. The molecular weight excluding hydrogens is 272 g/mol. The number of nitrogens with one attached hydrogen (secondary N) is 1. The summed E-state index contributed by atoms with van der Waals surface area (Å²) in [5.41, 5.74) is 0.511. The van der Waals surface area contributed by atoms with Crippen LogP contribution in [0.4, 0.5) is 5.82 Å². The number of aromatic nitrogens is 1. The number of pyridine rings is 1. The van der Waals surface area contributed by atoms with Gasteiger partial charge in [-0.2, -0.15) is 5.26 Å². The summed E-state index contributed by atoms with van der Waals surface area (Å²) in [6, 6.07) is 4.33. The Bertz CT molecular complexity index is 515. The van der Waals surface area contributed by atoms with Crippen LogP contribution >= 0.6 is 11.6 Å². The van der Waals surface area contributed by atoms with Gasteiger partial charge in [-0.25, -0.2) is 4.98 Å². The maximum absolute atomic E-state index is 9.11. The Hall–Kier alpha value is -1.31. The van der Waals surface area contributed by atoms with Crippen molar-refractivity contribution in [3.8, 4) is 6.07 Å². The molecule has 1 aromatic rings. The molecule has 1 aliphatic heterocycles.